The first-order chi connectivity index (χ1) is 23.0. The number of hydrogen-bond donors (Lipinski definition) is 1. The molecule has 4 aliphatic carbocycles. The van der Waals surface area contributed by atoms with Crippen molar-refractivity contribution in [3.8, 4) is 0 Å². The molecule has 1 saturated heterocycles. The molecule has 4 aromatic rings. The maximum absolute atomic E-state index is 7.60. The first-order valence-corrected chi connectivity index (χ1v) is 20.8. The molecule has 0 unspecified atom stereocenters. The molecular formula is C38H46IN5O3Si. The number of ether oxygens (including phenoxy) is 2. The first kappa shape index (κ1) is 31.6. The summed E-state index contributed by atoms with van der Waals surface area (Å²) >= 11 is 2.26. The van der Waals surface area contributed by atoms with Crippen LogP contribution in [0.5, 0.6) is 0 Å². The third-order valence-corrected chi connectivity index (χ3v) is 17.3. The maximum atomic E-state index is 7.60. The topological polar surface area (TPSA) is 83.3 Å². The zero-order valence-corrected chi connectivity index (χ0v) is 31.7. The SMILES string of the molecule is CC1(C)O[C@H]2[C@H](n3cnc4c(NC(C5CC5)C5CC5)nc(I)nc43)[C@H]3C[C@@]3(CO[Si](c3ccccc3)(c3ccccc3)C(C)(C)C)[C@H]2O1. The van der Waals surface area contributed by atoms with Gasteiger partial charge >= 0.3 is 0 Å². The van der Waals surface area contributed by atoms with Crippen LogP contribution in [0.4, 0.5) is 5.82 Å². The van der Waals surface area contributed by atoms with Crippen LogP contribution in [-0.2, 0) is 13.9 Å². The van der Waals surface area contributed by atoms with E-state index in [0.29, 0.717) is 18.6 Å². The highest BCUT2D eigenvalue weighted by molar-refractivity contribution is 14.1. The van der Waals surface area contributed by atoms with Gasteiger partial charge in [0, 0.05) is 40.7 Å². The van der Waals surface area contributed by atoms with E-state index in [2.05, 4.69) is 114 Å². The second kappa shape index (κ2) is 11.1. The zero-order chi connectivity index (χ0) is 33.1. The molecule has 8 nitrogen and oxygen atoms in total. The molecule has 5 fully saturated rings. The quantitative estimate of drug-likeness (QED) is 0.109. The molecule has 10 heteroatoms. The van der Waals surface area contributed by atoms with Gasteiger partial charge in [0.25, 0.3) is 8.32 Å². The standard InChI is InChI=1S/C38H46IN5O3Si/c1-36(2,3)48(25-12-8-6-9-13-25,26-14-10-7-11-15-26)45-21-38-20-27(38)30(31-32(38)47-37(4,5)46-31)44-22-40-29-33(42-35(39)43-34(29)44)41-28(23-16-17-23)24-18-19-24/h6-15,22-24,27-28,30-32H,16-21H2,1-5H3,(H,41,42,43)/t27-,30-,31+,32+,38+/m1/s1. The van der Waals surface area contributed by atoms with E-state index in [1.165, 1.54) is 36.1 Å². The van der Waals surface area contributed by atoms with E-state index in [-0.39, 0.29) is 28.7 Å². The molecule has 0 radical (unpaired) electrons. The van der Waals surface area contributed by atoms with Crippen molar-refractivity contribution in [2.45, 2.75) is 102 Å². The van der Waals surface area contributed by atoms with Gasteiger partial charge in [-0.05, 0) is 79.1 Å². The zero-order valence-electron chi connectivity index (χ0n) is 28.5. The van der Waals surface area contributed by atoms with Crippen molar-refractivity contribution in [1.29, 1.82) is 0 Å². The van der Waals surface area contributed by atoms with E-state index in [1.807, 2.05) is 20.2 Å². The molecule has 4 saturated carbocycles. The number of fused-ring (bicyclic) bond motifs is 4. The molecule has 2 aromatic heterocycles. The molecule has 0 amide bonds. The number of halogens is 1. The monoisotopic (exact) mass is 775 g/mol. The Bertz CT molecular complexity index is 1790. The minimum Gasteiger partial charge on any atom is -0.407 e. The molecule has 252 valence electrons. The highest BCUT2D eigenvalue weighted by Gasteiger charge is 2.76. The Labute approximate surface area is 298 Å². The smallest absolute Gasteiger partial charge is 0.261 e. The number of aromatic nitrogens is 4. The molecule has 0 spiro atoms. The summed E-state index contributed by atoms with van der Waals surface area (Å²) in [4.78, 5) is 14.9. The Morgan fingerprint density at radius 1 is 0.958 bits per heavy atom. The molecule has 5 atom stereocenters. The van der Waals surface area contributed by atoms with Gasteiger partial charge in [0.15, 0.2) is 26.6 Å². The number of anilines is 1. The second-order valence-electron chi connectivity index (χ2n) is 16.5. The average molecular weight is 776 g/mol. The summed E-state index contributed by atoms with van der Waals surface area (Å²) in [5.74, 6) is 2.04. The van der Waals surface area contributed by atoms with Gasteiger partial charge in [0.2, 0.25) is 0 Å². The van der Waals surface area contributed by atoms with Crippen LogP contribution in [0.1, 0.15) is 72.8 Å². The molecule has 3 heterocycles. The van der Waals surface area contributed by atoms with Crippen molar-refractivity contribution >= 4 is 58.3 Å². The van der Waals surface area contributed by atoms with Gasteiger partial charge in [-0.15, -0.1) is 0 Å². The number of nitrogens with one attached hydrogen (secondary N) is 1. The van der Waals surface area contributed by atoms with Gasteiger partial charge in [-0.2, -0.15) is 0 Å². The van der Waals surface area contributed by atoms with E-state index < -0.39 is 14.1 Å². The Hall–Kier alpha value is -2.38. The summed E-state index contributed by atoms with van der Waals surface area (Å²) in [5, 5.41) is 6.36. The van der Waals surface area contributed by atoms with Crippen molar-refractivity contribution in [1.82, 2.24) is 19.5 Å². The Balaban J connectivity index is 1.09. The number of hydrogen-bond acceptors (Lipinski definition) is 7. The summed E-state index contributed by atoms with van der Waals surface area (Å²) in [6.45, 7) is 11.8. The third kappa shape index (κ3) is 5.02. The fourth-order valence-corrected chi connectivity index (χ4v) is 14.5. The Morgan fingerprint density at radius 3 is 2.17 bits per heavy atom. The van der Waals surface area contributed by atoms with Crippen LogP contribution in [-0.4, -0.2) is 58.5 Å². The lowest BCUT2D eigenvalue weighted by molar-refractivity contribution is -0.162. The second-order valence-corrected chi connectivity index (χ2v) is 21.8. The summed E-state index contributed by atoms with van der Waals surface area (Å²) in [7, 11) is -2.73. The van der Waals surface area contributed by atoms with E-state index in [0.717, 1.165) is 39.1 Å². The normalized spacial score (nSPS) is 29.3. The molecule has 1 N–H and O–H groups in total. The molecular weight excluding hydrogens is 729 g/mol. The van der Waals surface area contributed by atoms with E-state index >= 15 is 0 Å². The Kier molecular flexibility index (Phi) is 7.28. The molecule has 1 aliphatic heterocycles. The largest absolute Gasteiger partial charge is 0.407 e. The number of rotatable bonds is 10. The predicted octanol–water partition coefficient (Wildman–Crippen LogP) is 6.69. The lowest BCUT2D eigenvalue weighted by atomic mass is 10.0. The van der Waals surface area contributed by atoms with Crippen molar-refractivity contribution in [3.05, 3.63) is 70.8 Å². The number of benzene rings is 2. The minimum absolute atomic E-state index is 0.0470. The molecule has 2 aromatic carbocycles. The van der Waals surface area contributed by atoms with Crippen molar-refractivity contribution in [2.24, 2.45) is 23.2 Å². The number of imidazole rings is 1. The first-order valence-electron chi connectivity index (χ1n) is 17.8. The summed E-state index contributed by atoms with van der Waals surface area (Å²) < 4.78 is 24.2. The van der Waals surface area contributed by atoms with E-state index in [1.54, 1.807) is 0 Å². The lowest BCUT2D eigenvalue weighted by Gasteiger charge is -2.44. The Morgan fingerprint density at radius 2 is 1.58 bits per heavy atom. The molecule has 48 heavy (non-hydrogen) atoms. The fourth-order valence-electron chi connectivity index (χ4n) is 9.35. The highest BCUT2D eigenvalue weighted by atomic mass is 127. The van der Waals surface area contributed by atoms with Gasteiger partial charge in [0.1, 0.15) is 6.10 Å². The van der Waals surface area contributed by atoms with Gasteiger partial charge in [-0.3, -0.25) is 0 Å². The van der Waals surface area contributed by atoms with Gasteiger partial charge in [-0.25, -0.2) is 15.0 Å². The van der Waals surface area contributed by atoms with Crippen LogP contribution in [0, 0.1) is 27.0 Å². The van der Waals surface area contributed by atoms with Crippen LogP contribution in [0.15, 0.2) is 67.0 Å². The lowest BCUT2D eigenvalue weighted by Crippen LogP contribution is -2.67. The van der Waals surface area contributed by atoms with E-state index in [4.69, 9.17) is 28.9 Å². The van der Waals surface area contributed by atoms with Gasteiger partial charge in [-0.1, -0.05) is 81.4 Å². The van der Waals surface area contributed by atoms with Crippen molar-refractivity contribution in [3.63, 3.8) is 0 Å². The van der Waals surface area contributed by atoms with Crippen LogP contribution in [0.3, 0.4) is 0 Å². The van der Waals surface area contributed by atoms with Crippen LogP contribution in [0.25, 0.3) is 11.2 Å². The third-order valence-electron chi connectivity index (χ3n) is 11.9. The summed E-state index contributed by atoms with van der Waals surface area (Å²) in [5.41, 5.74) is 1.59. The van der Waals surface area contributed by atoms with Crippen LogP contribution < -0.4 is 15.7 Å². The molecule has 5 aliphatic rings. The number of nitrogens with zero attached hydrogens (tertiary/aromatic N) is 4. The van der Waals surface area contributed by atoms with Crippen molar-refractivity contribution < 1.29 is 13.9 Å². The predicted molar refractivity (Wildman–Crippen MR) is 198 cm³/mol. The average Bonchev–Trinajstić information content (AvgIpc) is 3.98. The van der Waals surface area contributed by atoms with Crippen LogP contribution >= 0.6 is 22.6 Å². The van der Waals surface area contributed by atoms with Crippen LogP contribution in [0.2, 0.25) is 5.04 Å². The summed E-state index contributed by atoms with van der Waals surface area (Å²) in [6.07, 6.45) is 8.06. The maximum Gasteiger partial charge on any atom is 0.261 e. The van der Waals surface area contributed by atoms with Crippen molar-refractivity contribution in [2.75, 3.05) is 11.9 Å². The van der Waals surface area contributed by atoms with Gasteiger partial charge < -0.3 is 23.8 Å². The summed E-state index contributed by atoms with van der Waals surface area (Å²) in [6, 6.07) is 22.4. The molecule has 9 rings (SSSR count). The van der Waals surface area contributed by atoms with Gasteiger partial charge in [0.05, 0.1) is 18.5 Å². The van der Waals surface area contributed by atoms with E-state index in [9.17, 15) is 0 Å². The highest BCUT2D eigenvalue weighted by Crippen LogP contribution is 2.72. The fraction of sp³-hybridized carbons (Fsp3) is 0.553. The minimum atomic E-state index is -2.73. The molecule has 0 bridgehead atoms.